The van der Waals surface area contributed by atoms with Crippen molar-refractivity contribution in [3.05, 3.63) is 47.6 Å². The summed E-state index contributed by atoms with van der Waals surface area (Å²) < 4.78 is 5.46. The average Bonchev–Trinajstić information content (AvgIpc) is 3.64. The van der Waals surface area contributed by atoms with Gasteiger partial charge in [0.25, 0.3) is 0 Å². The number of allylic oxidation sites excluding steroid dienone is 4. The monoisotopic (exact) mass is 445 g/mol. The SMILES string of the molecule is COC1CCC(NC(=O)N2CCC(C3C=CC=C4C3=Nc3cccc(C5CC5)c34)CC2)CC1. The maximum Gasteiger partial charge on any atom is 0.317 e. The van der Waals surface area contributed by atoms with Gasteiger partial charge in [0.2, 0.25) is 0 Å². The molecule has 3 aliphatic carbocycles. The lowest BCUT2D eigenvalue weighted by Gasteiger charge is -2.37. The van der Waals surface area contributed by atoms with Crippen LogP contribution < -0.4 is 5.32 Å². The topological polar surface area (TPSA) is 53.9 Å². The molecular formula is C28H35N3O2. The number of aliphatic imine (C=N–C) groups is 1. The zero-order valence-corrected chi connectivity index (χ0v) is 19.6. The number of nitrogens with zero attached hydrogens (tertiary/aromatic N) is 2. The second-order valence-electron chi connectivity index (χ2n) is 10.5. The van der Waals surface area contributed by atoms with Gasteiger partial charge in [0.05, 0.1) is 17.5 Å². The van der Waals surface area contributed by atoms with Crippen LogP contribution >= 0.6 is 0 Å². The van der Waals surface area contributed by atoms with Crippen molar-refractivity contribution >= 4 is 23.0 Å². The highest BCUT2D eigenvalue weighted by Crippen LogP contribution is 2.50. The van der Waals surface area contributed by atoms with E-state index < -0.39 is 0 Å². The average molecular weight is 446 g/mol. The van der Waals surface area contributed by atoms with E-state index in [2.05, 4.69) is 41.7 Å². The summed E-state index contributed by atoms with van der Waals surface area (Å²) in [5.74, 6) is 1.63. The molecular weight excluding hydrogens is 410 g/mol. The van der Waals surface area contributed by atoms with Gasteiger partial charge in [0, 0.05) is 43.3 Å². The van der Waals surface area contributed by atoms with E-state index in [-0.39, 0.29) is 6.03 Å². The van der Waals surface area contributed by atoms with Gasteiger partial charge in [-0.25, -0.2) is 4.79 Å². The maximum absolute atomic E-state index is 12.9. The molecule has 2 aliphatic heterocycles. The molecule has 3 fully saturated rings. The predicted octanol–water partition coefficient (Wildman–Crippen LogP) is 5.60. The van der Waals surface area contributed by atoms with Gasteiger partial charge in [-0.3, -0.25) is 4.99 Å². The molecule has 6 rings (SSSR count). The van der Waals surface area contributed by atoms with Crippen LogP contribution in [0.5, 0.6) is 0 Å². The number of carbonyl (C=O) groups excluding carboxylic acids is 1. The Morgan fingerprint density at radius 2 is 1.85 bits per heavy atom. The molecule has 1 unspecified atom stereocenters. The van der Waals surface area contributed by atoms with Crippen molar-refractivity contribution in [1.29, 1.82) is 0 Å². The summed E-state index contributed by atoms with van der Waals surface area (Å²) in [5, 5.41) is 3.28. The van der Waals surface area contributed by atoms with Crippen LogP contribution in [0.4, 0.5) is 10.5 Å². The Morgan fingerprint density at radius 3 is 2.58 bits per heavy atom. The molecule has 2 amide bonds. The molecule has 0 aromatic heterocycles. The van der Waals surface area contributed by atoms with Crippen LogP contribution in [0.25, 0.3) is 5.57 Å². The first kappa shape index (κ1) is 21.2. The van der Waals surface area contributed by atoms with Crippen LogP contribution in [-0.2, 0) is 4.74 Å². The standard InChI is InChI=1S/C28H35N3O2/c1-33-21-12-10-20(11-13-21)29-28(32)31-16-14-19(15-17-31)23-5-2-6-24-26-22(18-8-9-18)4-3-7-25(26)30-27(23)24/h2-7,18-21,23H,8-17H2,1H3,(H,29,32). The highest BCUT2D eigenvalue weighted by molar-refractivity contribution is 6.31. The molecule has 0 radical (unpaired) electrons. The maximum atomic E-state index is 12.9. The molecule has 1 aromatic rings. The minimum atomic E-state index is 0.119. The summed E-state index contributed by atoms with van der Waals surface area (Å²) in [7, 11) is 1.79. The summed E-state index contributed by atoms with van der Waals surface area (Å²) in [6, 6.07) is 7.08. The van der Waals surface area contributed by atoms with Crippen molar-refractivity contribution in [2.45, 2.75) is 69.4 Å². The Balaban J connectivity index is 1.08. The Kier molecular flexibility index (Phi) is 5.61. The second kappa shape index (κ2) is 8.75. The molecule has 33 heavy (non-hydrogen) atoms. The van der Waals surface area contributed by atoms with E-state index in [4.69, 9.17) is 9.73 Å². The third kappa shape index (κ3) is 4.05. The molecule has 1 N–H and O–H groups in total. The van der Waals surface area contributed by atoms with Crippen molar-refractivity contribution in [3.8, 4) is 0 Å². The molecule has 1 saturated heterocycles. The van der Waals surface area contributed by atoms with Crippen molar-refractivity contribution in [3.63, 3.8) is 0 Å². The van der Waals surface area contributed by atoms with Crippen LogP contribution in [0.15, 0.2) is 41.4 Å². The number of urea groups is 1. The van der Waals surface area contributed by atoms with E-state index in [0.717, 1.165) is 63.2 Å². The van der Waals surface area contributed by atoms with Gasteiger partial charge in [-0.15, -0.1) is 0 Å². The first-order chi connectivity index (χ1) is 16.2. The fraction of sp³-hybridized carbons (Fsp3) is 0.571. The lowest BCUT2D eigenvalue weighted by atomic mass is 9.76. The highest BCUT2D eigenvalue weighted by Gasteiger charge is 2.38. The Bertz CT molecular complexity index is 1010. The lowest BCUT2D eigenvalue weighted by molar-refractivity contribution is 0.0623. The predicted molar refractivity (Wildman–Crippen MR) is 132 cm³/mol. The Morgan fingerprint density at radius 1 is 1.06 bits per heavy atom. The lowest BCUT2D eigenvalue weighted by Crippen LogP contribution is -2.49. The fourth-order valence-electron chi connectivity index (χ4n) is 6.33. The number of hydrogen-bond donors (Lipinski definition) is 1. The zero-order valence-electron chi connectivity index (χ0n) is 19.6. The number of likely N-dealkylation sites (tertiary alicyclic amines) is 1. The third-order valence-corrected chi connectivity index (χ3v) is 8.44. The minimum absolute atomic E-state index is 0.119. The van der Waals surface area contributed by atoms with Gasteiger partial charge >= 0.3 is 6.03 Å². The number of carbonyl (C=O) groups is 1. The number of ether oxygens (including phenoxy) is 1. The smallest absolute Gasteiger partial charge is 0.317 e. The number of amides is 2. The number of fused-ring (bicyclic) bond motifs is 3. The van der Waals surface area contributed by atoms with Crippen LogP contribution in [0.1, 0.15) is 68.4 Å². The summed E-state index contributed by atoms with van der Waals surface area (Å²) in [5.41, 5.74) is 6.67. The van der Waals surface area contributed by atoms with Gasteiger partial charge in [0.15, 0.2) is 0 Å². The normalized spacial score (nSPS) is 29.2. The Hall–Kier alpha value is -2.40. The van der Waals surface area contributed by atoms with Crippen LogP contribution in [0.3, 0.4) is 0 Å². The molecule has 0 bridgehead atoms. The van der Waals surface area contributed by atoms with Crippen molar-refractivity contribution in [2.24, 2.45) is 16.8 Å². The molecule has 5 heteroatoms. The van der Waals surface area contributed by atoms with Gasteiger partial charge in [-0.2, -0.15) is 0 Å². The largest absolute Gasteiger partial charge is 0.381 e. The van der Waals surface area contributed by atoms with E-state index in [1.807, 2.05) is 4.90 Å². The van der Waals surface area contributed by atoms with Gasteiger partial charge in [-0.1, -0.05) is 30.4 Å². The Labute approximate surface area is 197 Å². The third-order valence-electron chi connectivity index (χ3n) is 8.44. The number of rotatable bonds is 4. The minimum Gasteiger partial charge on any atom is -0.381 e. The molecule has 174 valence electrons. The van der Waals surface area contributed by atoms with Crippen LogP contribution in [0.2, 0.25) is 0 Å². The van der Waals surface area contributed by atoms with E-state index in [1.165, 1.54) is 35.3 Å². The number of methoxy groups -OCH3 is 1. The van der Waals surface area contributed by atoms with Crippen LogP contribution in [0, 0.1) is 11.8 Å². The van der Waals surface area contributed by atoms with E-state index in [9.17, 15) is 4.79 Å². The molecule has 5 aliphatic rings. The summed E-state index contributed by atoms with van der Waals surface area (Å²) in [4.78, 5) is 20.0. The molecule has 5 nitrogen and oxygen atoms in total. The van der Waals surface area contributed by atoms with E-state index in [1.54, 1.807) is 7.11 Å². The van der Waals surface area contributed by atoms with Gasteiger partial charge in [0.1, 0.15) is 0 Å². The first-order valence-electron chi connectivity index (χ1n) is 12.9. The quantitative estimate of drug-likeness (QED) is 0.656. The van der Waals surface area contributed by atoms with Crippen molar-refractivity contribution in [2.75, 3.05) is 20.2 Å². The van der Waals surface area contributed by atoms with E-state index in [0.29, 0.717) is 24.0 Å². The molecule has 2 saturated carbocycles. The number of piperidine rings is 1. The van der Waals surface area contributed by atoms with Gasteiger partial charge < -0.3 is 15.0 Å². The first-order valence-corrected chi connectivity index (χ1v) is 12.9. The van der Waals surface area contributed by atoms with E-state index >= 15 is 0 Å². The van der Waals surface area contributed by atoms with Gasteiger partial charge in [-0.05, 0) is 74.8 Å². The van der Waals surface area contributed by atoms with Crippen molar-refractivity contribution in [1.82, 2.24) is 10.2 Å². The number of benzene rings is 1. The molecule has 1 atom stereocenters. The van der Waals surface area contributed by atoms with Crippen LogP contribution in [-0.4, -0.2) is 49.0 Å². The van der Waals surface area contributed by atoms with Crippen molar-refractivity contribution < 1.29 is 9.53 Å². The second-order valence-corrected chi connectivity index (χ2v) is 10.5. The summed E-state index contributed by atoms with van der Waals surface area (Å²) in [6.07, 6.45) is 16.0. The number of hydrogen-bond acceptors (Lipinski definition) is 3. The summed E-state index contributed by atoms with van der Waals surface area (Å²) in [6.45, 7) is 1.67. The molecule has 2 heterocycles. The molecule has 0 spiro atoms. The zero-order chi connectivity index (χ0) is 22.4. The highest BCUT2D eigenvalue weighted by atomic mass is 16.5. The summed E-state index contributed by atoms with van der Waals surface area (Å²) >= 11 is 0. The fourth-order valence-corrected chi connectivity index (χ4v) is 6.33. The number of nitrogens with one attached hydrogen (secondary N) is 1. The molecule has 1 aromatic carbocycles.